The van der Waals surface area contributed by atoms with Crippen molar-refractivity contribution in [1.29, 1.82) is 0 Å². The zero-order valence-electron chi connectivity index (χ0n) is 13.9. The van der Waals surface area contributed by atoms with Gasteiger partial charge >= 0.3 is 37.7 Å². The predicted octanol–water partition coefficient (Wildman–Crippen LogP) is -2.14. The van der Waals surface area contributed by atoms with E-state index in [0.29, 0.717) is 11.3 Å². The maximum absolute atomic E-state index is 12.9. The smallest absolute Gasteiger partial charge is 0.872 e. The average Bonchev–Trinajstić information content (AvgIpc) is 2.58. The number of hydroxylamine groups is 1. The summed E-state index contributed by atoms with van der Waals surface area (Å²) in [6.07, 6.45) is 0. The normalized spacial score (nSPS) is 10.9. The Balaban J connectivity index is 0.00000144. The molecule has 24 heavy (non-hydrogen) atoms. The van der Waals surface area contributed by atoms with Gasteiger partial charge in [-0.2, -0.15) is 0 Å². The molecule has 5 heteroatoms. The van der Waals surface area contributed by atoms with E-state index < -0.39 is 6.04 Å². The molecule has 0 heterocycles. The first kappa shape index (κ1) is 20.5. The Morgan fingerprint density at radius 3 is 1.75 bits per heavy atom. The van der Waals surface area contributed by atoms with Crippen molar-refractivity contribution >= 4 is 5.69 Å². The molecule has 3 aromatic rings. The molecule has 1 unspecified atom stereocenters. The van der Waals surface area contributed by atoms with E-state index in [1.165, 1.54) is 6.07 Å². The number of rotatable bonds is 4. The number of hydrogen-bond donors (Lipinski definition) is 0. The van der Waals surface area contributed by atoms with Crippen molar-refractivity contribution in [3.63, 3.8) is 0 Å². The third-order valence-corrected chi connectivity index (χ3v) is 3.57. The second-order valence-electron chi connectivity index (χ2n) is 5.01. The standard InChI is InChI=1S/C19H16NO2.2Li/c21-18-14-8-7-13-17(18)19(15-9-3-1-4-10-15)20(22)16-11-5-2-6-12-16;;/h1-14,19,21H;;/q-1;2*+1/p-1. The van der Waals surface area contributed by atoms with Crippen LogP contribution in [-0.2, 0) is 0 Å². The van der Waals surface area contributed by atoms with Gasteiger partial charge in [0.25, 0.3) is 0 Å². The Bertz CT molecular complexity index is 739. The largest absolute Gasteiger partial charge is 1.00 e. The second kappa shape index (κ2) is 9.65. The summed E-state index contributed by atoms with van der Waals surface area (Å²) in [6.45, 7) is 0. The summed E-state index contributed by atoms with van der Waals surface area (Å²) in [4.78, 5) is 0. The van der Waals surface area contributed by atoms with E-state index in [0.717, 1.165) is 10.6 Å². The van der Waals surface area contributed by atoms with Crippen LogP contribution in [0, 0.1) is 5.21 Å². The van der Waals surface area contributed by atoms with Gasteiger partial charge in [0.1, 0.15) is 0 Å². The molecule has 3 aromatic carbocycles. The summed E-state index contributed by atoms with van der Waals surface area (Å²) >= 11 is 0. The number of nitrogens with zero attached hydrogens (tertiary/aromatic N) is 1. The molecule has 1 atom stereocenters. The Morgan fingerprint density at radius 1 is 0.667 bits per heavy atom. The van der Waals surface area contributed by atoms with E-state index in [-0.39, 0.29) is 43.5 Å². The van der Waals surface area contributed by atoms with Gasteiger partial charge in [-0.1, -0.05) is 72.8 Å². The topological polar surface area (TPSA) is 49.4 Å². The molecule has 3 rings (SSSR count). The van der Waals surface area contributed by atoms with E-state index in [9.17, 15) is 10.3 Å². The molecule has 0 saturated heterocycles. The Labute approximate surface area is 166 Å². The van der Waals surface area contributed by atoms with Gasteiger partial charge in [-0.15, -0.1) is 5.75 Å². The predicted molar refractivity (Wildman–Crippen MR) is 86.5 cm³/mol. The van der Waals surface area contributed by atoms with Crippen molar-refractivity contribution < 1.29 is 42.8 Å². The van der Waals surface area contributed by atoms with Gasteiger partial charge in [-0.25, -0.2) is 0 Å². The summed E-state index contributed by atoms with van der Waals surface area (Å²) in [5.41, 5.74) is 1.80. The van der Waals surface area contributed by atoms with Gasteiger partial charge in [0, 0.05) is 5.69 Å². The molecule has 0 amide bonds. The molecule has 0 spiro atoms. The van der Waals surface area contributed by atoms with Crippen LogP contribution < -0.4 is 47.9 Å². The quantitative estimate of drug-likeness (QED) is 0.408. The third kappa shape index (κ3) is 4.49. The van der Waals surface area contributed by atoms with Crippen LogP contribution in [0.2, 0.25) is 0 Å². The molecule has 0 aliphatic carbocycles. The molecule has 0 fully saturated rings. The van der Waals surface area contributed by atoms with Crippen LogP contribution in [0.25, 0.3) is 0 Å². The molecule has 0 aromatic heterocycles. The Morgan fingerprint density at radius 2 is 1.17 bits per heavy atom. The van der Waals surface area contributed by atoms with Crippen molar-refractivity contribution in [2.75, 3.05) is 5.06 Å². The zero-order chi connectivity index (χ0) is 15.4. The molecular formula is C19H15Li2NO2. The van der Waals surface area contributed by atoms with E-state index >= 15 is 0 Å². The van der Waals surface area contributed by atoms with Crippen LogP contribution in [0.3, 0.4) is 0 Å². The van der Waals surface area contributed by atoms with Crippen LogP contribution in [0.15, 0.2) is 84.9 Å². The van der Waals surface area contributed by atoms with E-state index in [2.05, 4.69) is 0 Å². The number of anilines is 1. The van der Waals surface area contributed by atoms with Gasteiger partial charge in [0.15, 0.2) is 0 Å². The van der Waals surface area contributed by atoms with Gasteiger partial charge < -0.3 is 15.4 Å². The fourth-order valence-electron chi connectivity index (χ4n) is 2.51. The van der Waals surface area contributed by atoms with E-state index in [1.54, 1.807) is 30.3 Å². The summed E-state index contributed by atoms with van der Waals surface area (Å²) in [5, 5.41) is 26.0. The van der Waals surface area contributed by atoms with Gasteiger partial charge in [-0.05, 0) is 23.3 Å². The molecule has 0 N–H and O–H groups in total. The first-order chi connectivity index (χ1) is 10.8. The first-order valence-electron chi connectivity index (χ1n) is 7.09. The Kier molecular flexibility index (Phi) is 8.22. The minimum Gasteiger partial charge on any atom is -0.872 e. The SMILES string of the molecule is [Li+].[Li+].[O-]c1ccccc1C(c1ccccc1)N([O-])c1ccccc1. The van der Waals surface area contributed by atoms with Crippen molar-refractivity contribution in [2.45, 2.75) is 6.04 Å². The summed E-state index contributed by atoms with van der Waals surface area (Å²) in [5.74, 6) is -0.131. The summed E-state index contributed by atoms with van der Waals surface area (Å²) in [7, 11) is 0. The second-order valence-corrected chi connectivity index (χ2v) is 5.01. The van der Waals surface area contributed by atoms with Crippen LogP contribution in [0.4, 0.5) is 5.69 Å². The zero-order valence-corrected chi connectivity index (χ0v) is 13.9. The minimum atomic E-state index is -0.655. The van der Waals surface area contributed by atoms with Gasteiger partial charge in [-0.3, -0.25) is 0 Å². The summed E-state index contributed by atoms with van der Waals surface area (Å²) in [6, 6.07) is 24.4. The van der Waals surface area contributed by atoms with Crippen LogP contribution >= 0.6 is 0 Å². The molecular weight excluding hydrogens is 288 g/mol. The fraction of sp³-hybridized carbons (Fsp3) is 0.0526. The van der Waals surface area contributed by atoms with Crippen LogP contribution in [0.5, 0.6) is 5.75 Å². The number of benzene rings is 3. The Hall–Kier alpha value is -1.59. The third-order valence-electron chi connectivity index (χ3n) is 3.57. The molecule has 0 aliphatic rings. The van der Waals surface area contributed by atoms with Crippen LogP contribution in [-0.4, -0.2) is 0 Å². The van der Waals surface area contributed by atoms with Gasteiger partial charge in [0.2, 0.25) is 0 Å². The molecule has 0 aliphatic heterocycles. The fourth-order valence-corrected chi connectivity index (χ4v) is 2.51. The van der Waals surface area contributed by atoms with E-state index in [1.807, 2.05) is 48.5 Å². The van der Waals surface area contributed by atoms with Gasteiger partial charge in [0.05, 0.1) is 6.04 Å². The molecule has 0 radical (unpaired) electrons. The van der Waals surface area contributed by atoms with Crippen molar-refractivity contribution in [1.82, 2.24) is 0 Å². The van der Waals surface area contributed by atoms with Crippen LogP contribution in [0.1, 0.15) is 17.2 Å². The van der Waals surface area contributed by atoms with Crippen molar-refractivity contribution in [3.05, 3.63) is 101 Å². The van der Waals surface area contributed by atoms with E-state index in [4.69, 9.17) is 0 Å². The maximum atomic E-state index is 12.9. The molecule has 3 nitrogen and oxygen atoms in total. The summed E-state index contributed by atoms with van der Waals surface area (Å²) < 4.78 is 0. The molecule has 110 valence electrons. The minimum absolute atomic E-state index is 0. The molecule has 0 bridgehead atoms. The maximum Gasteiger partial charge on any atom is 1.00 e. The number of para-hydroxylation sites is 2. The number of hydrogen-bond acceptors (Lipinski definition) is 3. The molecule has 0 saturated carbocycles. The first-order valence-corrected chi connectivity index (χ1v) is 7.09. The average molecular weight is 303 g/mol. The monoisotopic (exact) mass is 303 g/mol. The van der Waals surface area contributed by atoms with Crippen molar-refractivity contribution in [2.24, 2.45) is 0 Å². The van der Waals surface area contributed by atoms with Crippen molar-refractivity contribution in [3.8, 4) is 5.75 Å².